The molecular formula is C20H36O3Si. The molecule has 0 amide bonds. The normalized spacial score (nSPS) is 33.9. The standard InChI is InChI=1S/C20H36O3Si/c1-18(2,3)24(7,8)23-17-9-10-20(6)14(13-21)11-15(22)12-16(20)19(17,4)5/h12,14,17,21H,9-11,13H2,1-8H3/t14-,17+,20-/m1/s1. The van der Waals surface area contributed by atoms with Crippen molar-refractivity contribution >= 4 is 14.1 Å². The fourth-order valence-corrected chi connectivity index (χ4v) is 5.78. The van der Waals surface area contributed by atoms with E-state index in [-0.39, 0.29) is 40.3 Å². The van der Waals surface area contributed by atoms with Crippen LogP contribution in [0.15, 0.2) is 11.6 Å². The van der Waals surface area contributed by atoms with Crippen molar-refractivity contribution in [3.05, 3.63) is 11.6 Å². The van der Waals surface area contributed by atoms with Crippen LogP contribution in [-0.4, -0.2) is 31.9 Å². The Bertz CT molecular complexity index is 542. The Hall–Kier alpha value is -0.453. The zero-order valence-corrected chi connectivity index (χ0v) is 17.8. The van der Waals surface area contributed by atoms with Crippen LogP contribution in [0.3, 0.4) is 0 Å². The molecule has 0 aromatic rings. The van der Waals surface area contributed by atoms with E-state index in [1.54, 1.807) is 0 Å². The highest BCUT2D eigenvalue weighted by atomic mass is 28.4. The number of hydrogen-bond acceptors (Lipinski definition) is 3. The van der Waals surface area contributed by atoms with E-state index >= 15 is 0 Å². The largest absolute Gasteiger partial charge is 0.413 e. The van der Waals surface area contributed by atoms with Gasteiger partial charge in [0, 0.05) is 18.4 Å². The number of aliphatic hydroxyl groups is 1. The van der Waals surface area contributed by atoms with Gasteiger partial charge < -0.3 is 9.53 Å². The lowest BCUT2D eigenvalue weighted by Crippen LogP contribution is -2.55. The van der Waals surface area contributed by atoms with Crippen molar-refractivity contribution in [3.8, 4) is 0 Å². The van der Waals surface area contributed by atoms with Gasteiger partial charge in [0.1, 0.15) is 0 Å². The molecule has 138 valence electrons. The Kier molecular flexibility index (Phi) is 5.02. The molecule has 1 fully saturated rings. The molecule has 4 heteroatoms. The molecular weight excluding hydrogens is 316 g/mol. The quantitative estimate of drug-likeness (QED) is 0.748. The minimum Gasteiger partial charge on any atom is -0.413 e. The van der Waals surface area contributed by atoms with Crippen molar-refractivity contribution in [2.24, 2.45) is 16.7 Å². The monoisotopic (exact) mass is 352 g/mol. The Labute approximate surface area is 149 Å². The molecule has 0 bridgehead atoms. The summed E-state index contributed by atoms with van der Waals surface area (Å²) in [4.78, 5) is 12.2. The van der Waals surface area contributed by atoms with Gasteiger partial charge in [-0.25, -0.2) is 0 Å². The van der Waals surface area contributed by atoms with E-state index in [2.05, 4.69) is 54.6 Å². The van der Waals surface area contributed by atoms with Crippen LogP contribution < -0.4 is 0 Å². The Morgan fingerprint density at radius 2 is 1.88 bits per heavy atom. The highest BCUT2D eigenvalue weighted by Gasteiger charge is 2.54. The molecule has 1 N–H and O–H groups in total. The van der Waals surface area contributed by atoms with Crippen LogP contribution in [0.1, 0.15) is 60.8 Å². The van der Waals surface area contributed by atoms with Gasteiger partial charge in [0.15, 0.2) is 14.1 Å². The molecule has 0 saturated heterocycles. The van der Waals surface area contributed by atoms with E-state index < -0.39 is 8.32 Å². The lowest BCUT2D eigenvalue weighted by atomic mass is 9.52. The first kappa shape index (κ1) is 19.9. The Balaban J connectivity index is 2.38. The van der Waals surface area contributed by atoms with E-state index in [9.17, 15) is 9.90 Å². The first-order valence-electron chi connectivity index (χ1n) is 9.30. The van der Waals surface area contributed by atoms with E-state index in [0.717, 1.165) is 12.8 Å². The van der Waals surface area contributed by atoms with Crippen LogP contribution >= 0.6 is 0 Å². The maximum atomic E-state index is 12.2. The molecule has 0 aliphatic heterocycles. The van der Waals surface area contributed by atoms with Crippen molar-refractivity contribution in [3.63, 3.8) is 0 Å². The molecule has 0 aromatic heterocycles. The van der Waals surface area contributed by atoms with Crippen LogP contribution in [0, 0.1) is 16.7 Å². The molecule has 0 spiro atoms. The molecule has 2 rings (SSSR count). The van der Waals surface area contributed by atoms with Gasteiger partial charge in [-0.3, -0.25) is 4.79 Å². The summed E-state index contributed by atoms with van der Waals surface area (Å²) in [6.45, 7) is 18.2. The first-order valence-corrected chi connectivity index (χ1v) is 12.2. The molecule has 0 heterocycles. The van der Waals surface area contributed by atoms with Crippen molar-refractivity contribution < 1.29 is 14.3 Å². The summed E-state index contributed by atoms with van der Waals surface area (Å²) in [5.74, 6) is 0.195. The molecule has 24 heavy (non-hydrogen) atoms. The molecule has 3 atom stereocenters. The average Bonchev–Trinajstić information content (AvgIpc) is 2.42. The zero-order valence-electron chi connectivity index (χ0n) is 16.8. The van der Waals surface area contributed by atoms with Crippen molar-refractivity contribution in [2.45, 2.75) is 85.0 Å². The van der Waals surface area contributed by atoms with E-state index in [0.29, 0.717) is 6.42 Å². The summed E-state index contributed by atoms with van der Waals surface area (Å²) in [6, 6.07) is 0. The lowest BCUT2D eigenvalue weighted by Gasteiger charge is -2.56. The maximum Gasteiger partial charge on any atom is 0.192 e. The number of fused-ring (bicyclic) bond motifs is 1. The van der Waals surface area contributed by atoms with Gasteiger partial charge in [0.25, 0.3) is 0 Å². The highest BCUT2D eigenvalue weighted by molar-refractivity contribution is 6.74. The predicted molar refractivity (Wildman–Crippen MR) is 101 cm³/mol. The highest BCUT2D eigenvalue weighted by Crippen LogP contribution is 2.58. The predicted octanol–water partition coefficient (Wildman–Crippen LogP) is 4.71. The van der Waals surface area contributed by atoms with Gasteiger partial charge in [-0.15, -0.1) is 0 Å². The summed E-state index contributed by atoms with van der Waals surface area (Å²) in [7, 11) is -1.87. The van der Waals surface area contributed by atoms with Crippen molar-refractivity contribution in [1.82, 2.24) is 0 Å². The number of allylic oxidation sites excluding steroid dienone is 1. The molecule has 0 unspecified atom stereocenters. The van der Waals surface area contributed by atoms with Gasteiger partial charge in [-0.1, -0.05) is 47.1 Å². The van der Waals surface area contributed by atoms with Gasteiger partial charge in [0.2, 0.25) is 0 Å². The van der Waals surface area contributed by atoms with Crippen LogP contribution in [-0.2, 0) is 9.22 Å². The third-order valence-electron chi connectivity index (χ3n) is 7.16. The van der Waals surface area contributed by atoms with Gasteiger partial charge in [0.05, 0.1) is 6.10 Å². The van der Waals surface area contributed by atoms with Gasteiger partial charge in [-0.05, 0) is 48.4 Å². The summed E-state index contributed by atoms with van der Waals surface area (Å²) in [5, 5.41) is 10.0. The molecule has 2 aliphatic rings. The van der Waals surface area contributed by atoms with Crippen LogP contribution in [0.5, 0.6) is 0 Å². The Morgan fingerprint density at radius 1 is 1.29 bits per heavy atom. The molecule has 0 radical (unpaired) electrons. The van der Waals surface area contributed by atoms with E-state index in [4.69, 9.17) is 4.43 Å². The summed E-state index contributed by atoms with van der Waals surface area (Å²) in [5.41, 5.74) is 0.936. The van der Waals surface area contributed by atoms with Crippen molar-refractivity contribution in [1.29, 1.82) is 0 Å². The number of aliphatic hydroxyl groups excluding tert-OH is 1. The number of hydrogen-bond donors (Lipinski definition) is 1. The smallest absolute Gasteiger partial charge is 0.192 e. The minimum absolute atomic E-state index is 0.0399. The van der Waals surface area contributed by atoms with Crippen LogP contribution in [0.4, 0.5) is 0 Å². The summed E-state index contributed by atoms with van der Waals surface area (Å²) >= 11 is 0. The second-order valence-electron chi connectivity index (χ2n) is 10.2. The third-order valence-corrected chi connectivity index (χ3v) is 11.6. The van der Waals surface area contributed by atoms with Gasteiger partial charge in [-0.2, -0.15) is 0 Å². The second kappa shape index (κ2) is 6.06. The van der Waals surface area contributed by atoms with Crippen LogP contribution in [0.25, 0.3) is 0 Å². The summed E-state index contributed by atoms with van der Waals surface area (Å²) < 4.78 is 6.78. The minimum atomic E-state index is -1.87. The topological polar surface area (TPSA) is 46.5 Å². The van der Waals surface area contributed by atoms with E-state index in [1.807, 2.05) is 6.08 Å². The number of carbonyl (C=O) groups is 1. The fraction of sp³-hybridized carbons (Fsp3) is 0.850. The zero-order chi connectivity index (χ0) is 18.6. The van der Waals surface area contributed by atoms with E-state index in [1.165, 1.54) is 5.57 Å². The van der Waals surface area contributed by atoms with Crippen LogP contribution in [0.2, 0.25) is 18.1 Å². The second-order valence-corrected chi connectivity index (χ2v) is 14.9. The molecule has 2 aliphatic carbocycles. The number of rotatable bonds is 3. The molecule has 0 aromatic carbocycles. The van der Waals surface area contributed by atoms with Gasteiger partial charge >= 0.3 is 0 Å². The summed E-state index contributed by atoms with van der Waals surface area (Å²) in [6.07, 6.45) is 4.47. The molecule has 1 saturated carbocycles. The average molecular weight is 353 g/mol. The van der Waals surface area contributed by atoms with Crippen molar-refractivity contribution in [2.75, 3.05) is 6.61 Å². The maximum absolute atomic E-state index is 12.2. The lowest BCUT2D eigenvalue weighted by molar-refractivity contribution is -0.119. The third kappa shape index (κ3) is 3.17. The fourth-order valence-electron chi connectivity index (χ4n) is 4.30. The first-order chi connectivity index (χ1) is 10.8. The number of ketones is 1. The SMILES string of the molecule is CC1(C)C2=CC(=O)C[C@H](CO)[C@@]2(C)CC[C@@H]1O[Si](C)(C)C(C)(C)C. The number of carbonyl (C=O) groups excluding carboxylic acids is 1. The Morgan fingerprint density at radius 3 is 2.38 bits per heavy atom. The molecule has 3 nitrogen and oxygen atoms in total.